The third kappa shape index (κ3) is 1.82. The van der Waals surface area contributed by atoms with E-state index in [9.17, 15) is 9.50 Å². The van der Waals surface area contributed by atoms with E-state index in [1.165, 1.54) is 13.2 Å². The minimum Gasteiger partial charge on any atom is -0.455 e. The molecule has 1 atom stereocenters. The zero-order valence-corrected chi connectivity index (χ0v) is 11.0. The van der Waals surface area contributed by atoms with Crippen LogP contribution in [-0.4, -0.2) is 17.8 Å². The quantitative estimate of drug-likeness (QED) is 0.912. The summed E-state index contributed by atoms with van der Waals surface area (Å²) in [4.78, 5) is 0. The third-order valence-corrected chi connectivity index (χ3v) is 3.66. The summed E-state index contributed by atoms with van der Waals surface area (Å²) in [7, 11) is 1.51. The van der Waals surface area contributed by atoms with E-state index in [1.807, 2.05) is 0 Å². The lowest BCUT2D eigenvalue weighted by Gasteiger charge is -2.37. The molecule has 0 bridgehead atoms. The number of hydrogen-bond donors (Lipinski definition) is 1. The van der Waals surface area contributed by atoms with Gasteiger partial charge in [-0.2, -0.15) is 0 Å². The van der Waals surface area contributed by atoms with Crippen LogP contribution in [0.1, 0.15) is 26.5 Å². The molecule has 4 heteroatoms. The monoisotopic (exact) mass is 252 g/mol. The van der Waals surface area contributed by atoms with E-state index in [1.54, 1.807) is 39.0 Å². The van der Waals surface area contributed by atoms with E-state index in [0.29, 0.717) is 5.39 Å². The normalized spacial score (nSPS) is 15.9. The summed E-state index contributed by atoms with van der Waals surface area (Å²) in [5, 5.41) is 11.2. The Hall–Kier alpha value is -1.39. The molecule has 0 amide bonds. The molecule has 1 aromatic heterocycles. The lowest BCUT2D eigenvalue weighted by Crippen LogP contribution is -2.46. The molecule has 0 radical (unpaired) electrons. The van der Waals surface area contributed by atoms with E-state index in [4.69, 9.17) is 9.15 Å². The molecule has 0 spiro atoms. The van der Waals surface area contributed by atoms with Crippen molar-refractivity contribution in [3.8, 4) is 0 Å². The summed E-state index contributed by atoms with van der Waals surface area (Å²) in [5.74, 6) is -0.153. The fourth-order valence-corrected chi connectivity index (χ4v) is 1.76. The van der Waals surface area contributed by atoms with E-state index in [0.717, 1.165) is 0 Å². The predicted molar refractivity (Wildman–Crippen MR) is 66.8 cm³/mol. The molecule has 1 heterocycles. The lowest BCUT2D eigenvalue weighted by atomic mass is 9.85. The van der Waals surface area contributed by atoms with Gasteiger partial charge in [-0.25, -0.2) is 4.39 Å². The van der Waals surface area contributed by atoms with Gasteiger partial charge in [0.2, 0.25) is 0 Å². The van der Waals surface area contributed by atoms with Crippen LogP contribution in [0.4, 0.5) is 4.39 Å². The number of furan rings is 1. The van der Waals surface area contributed by atoms with Crippen LogP contribution in [-0.2, 0) is 10.3 Å². The molecule has 0 fully saturated rings. The highest BCUT2D eigenvalue weighted by Gasteiger charge is 2.44. The van der Waals surface area contributed by atoms with Gasteiger partial charge in [-0.3, -0.25) is 0 Å². The van der Waals surface area contributed by atoms with Crippen LogP contribution in [0.2, 0.25) is 0 Å². The van der Waals surface area contributed by atoms with Crippen molar-refractivity contribution in [2.75, 3.05) is 7.11 Å². The molecule has 2 aromatic rings. The van der Waals surface area contributed by atoms with Gasteiger partial charge in [-0.15, -0.1) is 0 Å². The van der Waals surface area contributed by atoms with Gasteiger partial charge in [0, 0.05) is 12.5 Å². The average Bonchev–Trinajstić information content (AvgIpc) is 2.74. The Bertz CT molecular complexity index is 569. The van der Waals surface area contributed by atoms with Crippen molar-refractivity contribution in [1.82, 2.24) is 0 Å². The highest BCUT2D eigenvalue weighted by molar-refractivity contribution is 5.78. The smallest absolute Gasteiger partial charge is 0.170 e. The van der Waals surface area contributed by atoms with Gasteiger partial charge >= 0.3 is 0 Å². The van der Waals surface area contributed by atoms with Crippen molar-refractivity contribution >= 4 is 11.0 Å². The number of halogens is 1. The second-order valence-electron chi connectivity index (χ2n) is 5.06. The fraction of sp³-hybridized carbons (Fsp3) is 0.429. The number of fused-ring (bicyclic) bond motifs is 1. The van der Waals surface area contributed by atoms with Gasteiger partial charge in [0.1, 0.15) is 11.4 Å². The molecule has 1 aromatic carbocycles. The van der Waals surface area contributed by atoms with E-state index in [-0.39, 0.29) is 11.3 Å². The zero-order valence-electron chi connectivity index (χ0n) is 11.0. The minimum absolute atomic E-state index is 0.152. The Balaban J connectivity index is 2.58. The Labute approximate surface area is 105 Å². The number of ether oxygens (including phenoxy) is 1. The molecule has 18 heavy (non-hydrogen) atoms. The standard InChI is InChI=1S/C14H17FO3/c1-13(2,17-4)14(3,16)11-8-9-6-5-7-10(15)12(9)18-11/h5-8,16H,1-4H3. The van der Waals surface area contributed by atoms with Gasteiger partial charge in [0.05, 0.1) is 5.60 Å². The molecular weight excluding hydrogens is 235 g/mol. The second kappa shape index (κ2) is 4.07. The molecule has 98 valence electrons. The van der Waals surface area contributed by atoms with Crippen molar-refractivity contribution < 1.29 is 18.7 Å². The Morgan fingerprint density at radius 3 is 2.50 bits per heavy atom. The van der Waals surface area contributed by atoms with Crippen LogP contribution in [0.15, 0.2) is 28.7 Å². The predicted octanol–water partition coefficient (Wildman–Crippen LogP) is 3.20. The van der Waals surface area contributed by atoms with Crippen LogP contribution in [0, 0.1) is 5.82 Å². The van der Waals surface area contributed by atoms with Crippen LogP contribution >= 0.6 is 0 Å². The van der Waals surface area contributed by atoms with Gasteiger partial charge in [-0.05, 0) is 32.9 Å². The van der Waals surface area contributed by atoms with Crippen molar-refractivity contribution in [2.24, 2.45) is 0 Å². The summed E-state index contributed by atoms with van der Waals surface area (Å²) < 4.78 is 24.3. The highest BCUT2D eigenvalue weighted by Crippen LogP contribution is 2.37. The molecule has 2 rings (SSSR count). The maximum absolute atomic E-state index is 13.6. The summed E-state index contributed by atoms with van der Waals surface area (Å²) in [6.45, 7) is 5.08. The first kappa shape index (κ1) is 13.1. The van der Waals surface area contributed by atoms with Gasteiger partial charge < -0.3 is 14.3 Å². The fourth-order valence-electron chi connectivity index (χ4n) is 1.76. The number of benzene rings is 1. The van der Waals surface area contributed by atoms with Crippen LogP contribution in [0.25, 0.3) is 11.0 Å². The molecule has 0 aliphatic rings. The minimum atomic E-state index is -1.35. The summed E-state index contributed by atoms with van der Waals surface area (Å²) >= 11 is 0. The highest BCUT2D eigenvalue weighted by atomic mass is 19.1. The van der Waals surface area contributed by atoms with Crippen molar-refractivity contribution in [3.63, 3.8) is 0 Å². The summed E-state index contributed by atoms with van der Waals surface area (Å²) in [5.41, 5.74) is -2.05. The first-order valence-corrected chi connectivity index (χ1v) is 5.75. The second-order valence-corrected chi connectivity index (χ2v) is 5.06. The van der Waals surface area contributed by atoms with Crippen LogP contribution in [0.3, 0.4) is 0 Å². The zero-order chi connectivity index (χ0) is 13.6. The maximum atomic E-state index is 13.6. The summed E-state index contributed by atoms with van der Waals surface area (Å²) in [6.07, 6.45) is 0. The first-order valence-electron chi connectivity index (χ1n) is 5.75. The number of para-hydroxylation sites is 1. The molecule has 0 aliphatic heterocycles. The van der Waals surface area contributed by atoms with Gasteiger partial charge in [-0.1, -0.05) is 12.1 Å². The van der Waals surface area contributed by atoms with Crippen LogP contribution in [0.5, 0.6) is 0 Å². The Morgan fingerprint density at radius 1 is 1.28 bits per heavy atom. The summed E-state index contributed by atoms with van der Waals surface area (Å²) in [6, 6.07) is 6.30. The van der Waals surface area contributed by atoms with Crippen LogP contribution < -0.4 is 0 Å². The number of rotatable bonds is 3. The van der Waals surface area contributed by atoms with Gasteiger partial charge in [0.15, 0.2) is 11.4 Å². The topological polar surface area (TPSA) is 42.6 Å². The molecule has 0 aliphatic carbocycles. The average molecular weight is 252 g/mol. The largest absolute Gasteiger partial charge is 0.455 e. The first-order chi connectivity index (χ1) is 8.29. The number of methoxy groups -OCH3 is 1. The molecule has 3 nitrogen and oxygen atoms in total. The van der Waals surface area contributed by atoms with E-state index in [2.05, 4.69) is 0 Å². The van der Waals surface area contributed by atoms with Crippen molar-refractivity contribution in [3.05, 3.63) is 35.8 Å². The molecular formula is C14H17FO3. The van der Waals surface area contributed by atoms with E-state index >= 15 is 0 Å². The molecule has 0 saturated carbocycles. The SMILES string of the molecule is COC(C)(C)C(C)(O)c1cc2cccc(F)c2o1. The molecule has 1 unspecified atom stereocenters. The Kier molecular flexibility index (Phi) is 2.95. The number of hydrogen-bond acceptors (Lipinski definition) is 3. The van der Waals surface area contributed by atoms with Gasteiger partial charge in [0.25, 0.3) is 0 Å². The Morgan fingerprint density at radius 2 is 1.94 bits per heavy atom. The van der Waals surface area contributed by atoms with E-state index < -0.39 is 17.0 Å². The third-order valence-electron chi connectivity index (χ3n) is 3.66. The van der Waals surface area contributed by atoms with Crippen molar-refractivity contribution in [1.29, 1.82) is 0 Å². The maximum Gasteiger partial charge on any atom is 0.170 e. The van der Waals surface area contributed by atoms with Crippen molar-refractivity contribution in [2.45, 2.75) is 32.0 Å². The lowest BCUT2D eigenvalue weighted by molar-refractivity contribution is -0.154. The number of aliphatic hydroxyl groups is 1. The molecule has 0 saturated heterocycles. The molecule has 1 N–H and O–H groups in total.